The second-order valence-electron chi connectivity index (χ2n) is 11.5. The van der Waals surface area contributed by atoms with Gasteiger partial charge in [0, 0.05) is 31.1 Å². The van der Waals surface area contributed by atoms with E-state index in [1.54, 1.807) is 4.90 Å². The van der Waals surface area contributed by atoms with Crippen LogP contribution in [0.1, 0.15) is 57.9 Å². The summed E-state index contributed by atoms with van der Waals surface area (Å²) < 4.78 is 5.39. The Morgan fingerprint density at radius 1 is 1.06 bits per heavy atom. The number of piperidine rings is 1. The Kier molecular flexibility index (Phi) is 6.39. The molecule has 0 N–H and O–H groups in total. The maximum atomic E-state index is 14.0. The normalized spacial score (nSPS) is 25.5. The molecule has 0 bridgehead atoms. The number of esters is 1. The van der Waals surface area contributed by atoms with Crippen LogP contribution >= 0.6 is 0 Å². The molecule has 0 saturated carbocycles. The van der Waals surface area contributed by atoms with Gasteiger partial charge < -0.3 is 14.5 Å². The molecule has 5 rings (SSSR count). The van der Waals surface area contributed by atoms with E-state index in [0.29, 0.717) is 19.4 Å². The van der Waals surface area contributed by atoms with Crippen molar-refractivity contribution in [3.63, 3.8) is 0 Å². The number of benzene rings is 2. The molecule has 6 nitrogen and oxygen atoms in total. The molecule has 0 radical (unpaired) electrons. The predicted octanol–water partition coefficient (Wildman–Crippen LogP) is 5.06. The first-order chi connectivity index (χ1) is 17.2. The van der Waals surface area contributed by atoms with Gasteiger partial charge in [0.2, 0.25) is 11.8 Å². The number of methoxy groups -OCH3 is 1. The van der Waals surface area contributed by atoms with E-state index in [2.05, 4.69) is 38.1 Å². The lowest BCUT2D eigenvalue weighted by molar-refractivity contribution is -0.163. The average Bonchev–Trinajstić information content (AvgIpc) is 3.41. The summed E-state index contributed by atoms with van der Waals surface area (Å²) in [5, 5.41) is 2.20. The molecule has 0 spiro atoms. The second-order valence-corrected chi connectivity index (χ2v) is 11.5. The molecule has 2 heterocycles. The maximum Gasteiger partial charge on any atom is 0.317 e. The fraction of sp³-hybridized carbons (Fsp3) is 0.500. The molecule has 2 amide bonds. The van der Waals surface area contributed by atoms with Crippen LogP contribution in [0.3, 0.4) is 0 Å². The van der Waals surface area contributed by atoms with E-state index in [4.69, 9.17) is 4.74 Å². The molecular weight excluding hydrogens is 452 g/mol. The number of allylic oxidation sites excluding steroid dienone is 1. The van der Waals surface area contributed by atoms with Crippen LogP contribution in [0, 0.1) is 16.7 Å². The molecule has 2 aliphatic heterocycles. The Balaban J connectivity index is 1.57. The topological polar surface area (TPSA) is 66.9 Å². The number of amides is 2. The lowest BCUT2D eigenvalue weighted by Crippen LogP contribution is -2.55. The second kappa shape index (κ2) is 9.38. The summed E-state index contributed by atoms with van der Waals surface area (Å²) in [6, 6.07) is 14.3. The Labute approximate surface area is 213 Å². The lowest BCUT2D eigenvalue weighted by Gasteiger charge is -2.51. The lowest BCUT2D eigenvalue weighted by atomic mass is 9.59. The molecule has 2 fully saturated rings. The van der Waals surface area contributed by atoms with Crippen LogP contribution in [0.2, 0.25) is 0 Å². The van der Waals surface area contributed by atoms with Gasteiger partial charge in [0.1, 0.15) is 5.41 Å². The summed E-state index contributed by atoms with van der Waals surface area (Å²) in [6.45, 7) is 6.17. The van der Waals surface area contributed by atoms with Crippen molar-refractivity contribution in [2.24, 2.45) is 16.7 Å². The van der Waals surface area contributed by atoms with E-state index in [0.717, 1.165) is 54.4 Å². The number of carbonyl (C=O) groups is 3. The number of ether oxygens (including phenoxy) is 1. The van der Waals surface area contributed by atoms with E-state index in [9.17, 15) is 14.4 Å². The highest BCUT2D eigenvalue weighted by Crippen LogP contribution is 2.55. The molecule has 1 aliphatic carbocycles. The molecule has 0 unspecified atom stereocenters. The minimum Gasteiger partial charge on any atom is -0.468 e. The zero-order valence-corrected chi connectivity index (χ0v) is 21.6. The highest BCUT2D eigenvalue weighted by atomic mass is 16.5. The van der Waals surface area contributed by atoms with E-state index < -0.39 is 11.3 Å². The van der Waals surface area contributed by atoms with Crippen LogP contribution in [0.5, 0.6) is 0 Å². The van der Waals surface area contributed by atoms with Crippen molar-refractivity contribution >= 4 is 28.6 Å². The molecule has 190 valence electrons. The Bertz CT molecular complexity index is 1220. The minimum atomic E-state index is -0.940. The first-order valence-electron chi connectivity index (χ1n) is 13.1. The molecule has 6 heteroatoms. The van der Waals surface area contributed by atoms with Gasteiger partial charge in [-0.05, 0) is 53.9 Å². The maximum absolute atomic E-state index is 14.0. The van der Waals surface area contributed by atoms with Gasteiger partial charge in [-0.2, -0.15) is 0 Å². The van der Waals surface area contributed by atoms with E-state index in [-0.39, 0.29) is 29.6 Å². The number of rotatable bonds is 5. The average molecular weight is 489 g/mol. The smallest absolute Gasteiger partial charge is 0.317 e. The van der Waals surface area contributed by atoms with Gasteiger partial charge in [-0.1, -0.05) is 62.4 Å². The standard InChI is InChI=1S/C30H36N2O4/c1-29(2)14-13-25-30(20-29,28(35)36-3)18-23(17-26(33)31-15-6-7-16-31)27(34)32(25)19-22-11-8-10-21-9-4-5-12-24(21)22/h4-5,8-13,23H,6-7,14-20H2,1-3H3/t23-,30-/m1/s1. The first kappa shape index (κ1) is 24.5. The molecule has 2 saturated heterocycles. The quantitative estimate of drug-likeness (QED) is 0.552. The minimum absolute atomic E-state index is 0.0125. The molecule has 3 aliphatic rings. The predicted molar refractivity (Wildman–Crippen MR) is 139 cm³/mol. The van der Waals surface area contributed by atoms with Crippen LogP contribution in [0.4, 0.5) is 0 Å². The summed E-state index contributed by atoms with van der Waals surface area (Å²) in [4.78, 5) is 44.4. The van der Waals surface area contributed by atoms with Crippen LogP contribution in [-0.4, -0.2) is 47.8 Å². The molecule has 36 heavy (non-hydrogen) atoms. The van der Waals surface area contributed by atoms with Crippen molar-refractivity contribution in [1.29, 1.82) is 0 Å². The summed E-state index contributed by atoms with van der Waals surface area (Å²) in [5.74, 6) is -0.923. The summed E-state index contributed by atoms with van der Waals surface area (Å²) in [7, 11) is 1.42. The number of fused-ring (bicyclic) bond motifs is 2. The highest BCUT2D eigenvalue weighted by Gasteiger charge is 2.57. The number of carbonyl (C=O) groups excluding carboxylic acids is 3. The van der Waals surface area contributed by atoms with Gasteiger partial charge >= 0.3 is 5.97 Å². The van der Waals surface area contributed by atoms with Gasteiger partial charge in [0.05, 0.1) is 13.7 Å². The Hall–Kier alpha value is -3.15. The summed E-state index contributed by atoms with van der Waals surface area (Å²) in [6.07, 6.45) is 5.90. The SMILES string of the molecule is COC(=O)[C@@]12C[C@@H](CC(=O)N3CCCC3)C(=O)N(Cc3cccc4ccccc34)C1=CCC(C)(C)C2. The first-order valence-corrected chi connectivity index (χ1v) is 13.1. The van der Waals surface area contributed by atoms with Crippen molar-refractivity contribution in [2.75, 3.05) is 20.2 Å². The number of nitrogens with zero attached hydrogens (tertiary/aromatic N) is 2. The van der Waals surface area contributed by atoms with E-state index in [1.165, 1.54) is 7.11 Å². The van der Waals surface area contributed by atoms with Crippen molar-refractivity contribution < 1.29 is 19.1 Å². The Morgan fingerprint density at radius 2 is 1.78 bits per heavy atom. The fourth-order valence-corrected chi connectivity index (χ4v) is 6.63. The summed E-state index contributed by atoms with van der Waals surface area (Å²) >= 11 is 0. The van der Waals surface area contributed by atoms with Crippen LogP contribution in [-0.2, 0) is 25.7 Å². The zero-order valence-electron chi connectivity index (χ0n) is 21.6. The summed E-state index contributed by atoms with van der Waals surface area (Å²) in [5.41, 5.74) is 0.714. The molecule has 2 atom stereocenters. The highest BCUT2D eigenvalue weighted by molar-refractivity contribution is 5.93. The largest absolute Gasteiger partial charge is 0.468 e. The van der Waals surface area contributed by atoms with Crippen molar-refractivity contribution in [3.05, 3.63) is 59.8 Å². The molecular formula is C30H36N2O4. The van der Waals surface area contributed by atoms with Gasteiger partial charge in [0.15, 0.2) is 0 Å². The number of hydrogen-bond acceptors (Lipinski definition) is 4. The third-order valence-corrected chi connectivity index (χ3v) is 8.28. The van der Waals surface area contributed by atoms with Gasteiger partial charge in [0.25, 0.3) is 0 Å². The Morgan fingerprint density at radius 3 is 2.53 bits per heavy atom. The van der Waals surface area contributed by atoms with Gasteiger partial charge in [-0.3, -0.25) is 14.4 Å². The van der Waals surface area contributed by atoms with E-state index in [1.807, 2.05) is 29.2 Å². The van der Waals surface area contributed by atoms with Crippen molar-refractivity contribution in [3.8, 4) is 0 Å². The van der Waals surface area contributed by atoms with Crippen LogP contribution in [0.25, 0.3) is 10.8 Å². The van der Waals surface area contributed by atoms with Crippen LogP contribution in [0.15, 0.2) is 54.2 Å². The zero-order chi connectivity index (χ0) is 25.5. The van der Waals surface area contributed by atoms with Gasteiger partial charge in [-0.15, -0.1) is 0 Å². The third kappa shape index (κ3) is 4.31. The van der Waals surface area contributed by atoms with Gasteiger partial charge in [-0.25, -0.2) is 0 Å². The number of hydrogen-bond donors (Lipinski definition) is 0. The molecule has 0 aromatic heterocycles. The monoisotopic (exact) mass is 488 g/mol. The molecule has 2 aromatic carbocycles. The van der Waals surface area contributed by atoms with Crippen molar-refractivity contribution in [2.45, 2.75) is 58.9 Å². The van der Waals surface area contributed by atoms with E-state index >= 15 is 0 Å². The number of likely N-dealkylation sites (tertiary alicyclic amines) is 2. The molecule has 2 aromatic rings. The van der Waals surface area contributed by atoms with Crippen molar-refractivity contribution in [1.82, 2.24) is 9.80 Å². The van der Waals surface area contributed by atoms with Crippen LogP contribution < -0.4 is 0 Å². The third-order valence-electron chi connectivity index (χ3n) is 8.28. The fourth-order valence-electron chi connectivity index (χ4n) is 6.63.